The molecule has 0 saturated heterocycles. The van der Waals surface area contributed by atoms with Gasteiger partial charge in [0, 0.05) is 52.2 Å². The molecule has 0 aromatic heterocycles. The molecule has 2 aromatic carbocycles. The summed E-state index contributed by atoms with van der Waals surface area (Å²) >= 11 is 0. The Morgan fingerprint density at radius 2 is 1.59 bits per heavy atom. The lowest BCUT2D eigenvalue weighted by atomic mass is 9.77. The number of Topliss-reactive ketones (excluding diaryl/α,β-unsaturated/α-hetero) is 1. The fraction of sp³-hybridized carbons (Fsp3) is 0.333. The maximum Gasteiger partial charge on any atom is 0.209 e. The van der Waals surface area contributed by atoms with Gasteiger partial charge in [-0.05, 0) is 38.0 Å². The summed E-state index contributed by atoms with van der Waals surface area (Å²) in [6.45, 7) is 11.6. The first-order valence-corrected chi connectivity index (χ1v) is 12.1. The van der Waals surface area contributed by atoms with Gasteiger partial charge in [0.25, 0.3) is 0 Å². The van der Waals surface area contributed by atoms with Crippen LogP contribution >= 0.6 is 0 Å². The van der Waals surface area contributed by atoms with Crippen LogP contribution in [0.2, 0.25) is 0 Å². The van der Waals surface area contributed by atoms with Crippen molar-refractivity contribution in [2.75, 3.05) is 18.5 Å². The molecular weight excluding hydrogens is 420 g/mol. The number of rotatable bonds is 4. The fourth-order valence-corrected chi connectivity index (χ4v) is 5.79. The second kappa shape index (κ2) is 7.56. The molecule has 174 valence electrons. The molecule has 1 aliphatic carbocycles. The van der Waals surface area contributed by atoms with Crippen molar-refractivity contribution in [1.82, 2.24) is 0 Å². The fourth-order valence-electron chi connectivity index (χ4n) is 5.79. The summed E-state index contributed by atoms with van der Waals surface area (Å²) in [5, 5.41) is 13.3. The lowest BCUT2D eigenvalue weighted by Gasteiger charge is -2.32. The van der Waals surface area contributed by atoms with Crippen LogP contribution in [0, 0.1) is 0 Å². The number of para-hydroxylation sites is 2. The first-order valence-electron chi connectivity index (χ1n) is 12.1. The monoisotopic (exact) mass is 452 g/mol. The van der Waals surface area contributed by atoms with Gasteiger partial charge in [0.15, 0.2) is 11.5 Å². The van der Waals surface area contributed by atoms with Crippen molar-refractivity contribution in [3.8, 4) is 0 Å². The molecule has 3 aliphatic rings. The van der Waals surface area contributed by atoms with Crippen molar-refractivity contribution in [3.05, 3.63) is 94.4 Å². The Morgan fingerprint density at radius 1 is 0.941 bits per heavy atom. The molecule has 0 N–H and O–H groups in total. The Hall–Kier alpha value is -3.40. The van der Waals surface area contributed by atoms with Crippen LogP contribution in [0.5, 0.6) is 0 Å². The van der Waals surface area contributed by atoms with Crippen LogP contribution in [0.4, 0.5) is 11.4 Å². The average Bonchev–Trinajstić information content (AvgIpc) is 3.15. The van der Waals surface area contributed by atoms with Gasteiger partial charge in [-0.15, -0.1) is 0 Å². The number of carbonyl (C=O) groups is 1. The summed E-state index contributed by atoms with van der Waals surface area (Å²) in [6.07, 6.45) is 4.63. The first kappa shape index (κ1) is 22.4. The summed E-state index contributed by atoms with van der Waals surface area (Å²) in [6, 6.07) is 16.6. The smallest absolute Gasteiger partial charge is 0.209 e. The van der Waals surface area contributed by atoms with E-state index in [4.69, 9.17) is 0 Å². The van der Waals surface area contributed by atoms with Crippen LogP contribution in [0.1, 0.15) is 52.2 Å². The molecule has 0 spiro atoms. The van der Waals surface area contributed by atoms with E-state index in [0.717, 1.165) is 30.1 Å². The summed E-state index contributed by atoms with van der Waals surface area (Å²) < 4.78 is 2.10. The lowest BCUT2D eigenvalue weighted by Crippen LogP contribution is -2.34. The Labute approximate surface area is 202 Å². The molecule has 0 saturated carbocycles. The number of nitrogens with zero attached hydrogens (tertiary/aromatic N) is 2. The van der Waals surface area contributed by atoms with Crippen molar-refractivity contribution in [3.63, 3.8) is 0 Å². The zero-order chi connectivity index (χ0) is 24.4. The molecule has 0 radical (unpaired) electrons. The molecule has 5 rings (SSSR count). The molecular formula is C30H32N2O2. The normalized spacial score (nSPS) is 22.5. The molecule has 0 atom stereocenters. The van der Waals surface area contributed by atoms with Crippen molar-refractivity contribution < 1.29 is 14.5 Å². The highest BCUT2D eigenvalue weighted by atomic mass is 16.3. The molecule has 2 aliphatic heterocycles. The number of fused-ring (bicyclic) bond motifs is 2. The Kier molecular flexibility index (Phi) is 4.98. The van der Waals surface area contributed by atoms with Crippen LogP contribution in [0.15, 0.2) is 83.3 Å². The van der Waals surface area contributed by atoms with Crippen molar-refractivity contribution in [2.24, 2.45) is 0 Å². The second-order valence-electron chi connectivity index (χ2n) is 10.5. The van der Waals surface area contributed by atoms with Gasteiger partial charge in [-0.25, -0.2) is 0 Å². The van der Waals surface area contributed by atoms with Crippen LogP contribution in [-0.2, 0) is 15.6 Å². The van der Waals surface area contributed by atoms with E-state index < -0.39 is 0 Å². The zero-order valence-electron chi connectivity index (χ0n) is 20.9. The van der Waals surface area contributed by atoms with Gasteiger partial charge < -0.3 is 10.0 Å². The number of allylic oxidation sites excluding steroid dienone is 5. The quantitative estimate of drug-likeness (QED) is 0.489. The number of benzene rings is 2. The third-order valence-electron chi connectivity index (χ3n) is 7.73. The van der Waals surface area contributed by atoms with Crippen molar-refractivity contribution >= 4 is 22.9 Å². The Bertz CT molecular complexity index is 1350. The third kappa shape index (κ3) is 2.97. The van der Waals surface area contributed by atoms with Crippen LogP contribution in [0.25, 0.3) is 0 Å². The largest absolute Gasteiger partial charge is 0.871 e. The average molecular weight is 453 g/mol. The summed E-state index contributed by atoms with van der Waals surface area (Å²) in [5.41, 5.74) is 6.73. The molecule has 0 amide bonds. The van der Waals surface area contributed by atoms with Gasteiger partial charge in [-0.2, -0.15) is 4.58 Å². The van der Waals surface area contributed by atoms with Crippen LogP contribution in [0.3, 0.4) is 0 Å². The molecule has 0 bridgehead atoms. The SMILES string of the molecule is CCCN1/C(=C/C2=C([O-])C(=C/C3=[N+](C)c4ccccc4C3(C)C)/C2=O)C(C)(C)c2ccccc21. The first-order chi connectivity index (χ1) is 16.1. The molecule has 2 heterocycles. The molecule has 4 nitrogen and oxygen atoms in total. The third-order valence-corrected chi connectivity index (χ3v) is 7.73. The number of carbonyl (C=O) groups excluding carboxylic acids is 1. The predicted octanol–water partition coefficient (Wildman–Crippen LogP) is 4.91. The predicted molar refractivity (Wildman–Crippen MR) is 136 cm³/mol. The topological polar surface area (TPSA) is 46.4 Å². The number of ketones is 1. The Morgan fingerprint density at radius 3 is 2.24 bits per heavy atom. The maximum atomic E-state index is 13.3. The lowest BCUT2D eigenvalue weighted by molar-refractivity contribution is -0.401. The van der Waals surface area contributed by atoms with E-state index in [2.05, 4.69) is 74.4 Å². The summed E-state index contributed by atoms with van der Waals surface area (Å²) in [7, 11) is 2.00. The molecule has 2 aromatic rings. The summed E-state index contributed by atoms with van der Waals surface area (Å²) in [5.74, 6) is -0.318. The van der Waals surface area contributed by atoms with Crippen molar-refractivity contribution in [2.45, 2.75) is 51.9 Å². The van der Waals surface area contributed by atoms with E-state index in [1.54, 1.807) is 0 Å². The highest BCUT2D eigenvalue weighted by Gasteiger charge is 2.45. The highest BCUT2D eigenvalue weighted by Crippen LogP contribution is 2.49. The van der Waals surface area contributed by atoms with Gasteiger partial charge in [-0.1, -0.05) is 62.9 Å². The minimum Gasteiger partial charge on any atom is -0.871 e. The van der Waals surface area contributed by atoms with Gasteiger partial charge in [-0.3, -0.25) is 4.79 Å². The van der Waals surface area contributed by atoms with E-state index in [0.29, 0.717) is 5.57 Å². The second-order valence-corrected chi connectivity index (χ2v) is 10.5. The minimum absolute atomic E-state index is 0.159. The van der Waals surface area contributed by atoms with Gasteiger partial charge >= 0.3 is 0 Å². The maximum absolute atomic E-state index is 13.3. The van der Waals surface area contributed by atoms with Crippen LogP contribution < -0.4 is 10.0 Å². The number of hydrogen-bond donors (Lipinski definition) is 0. The molecule has 4 heteroatoms. The Balaban J connectivity index is 1.56. The molecule has 0 unspecified atom stereocenters. The standard InChI is InChI=1S/C30H32N2O2/c1-7-16-32-24-15-11-9-13-22(24)30(4,5)26(32)18-20-27(33)19(28(20)34)17-25-29(2,3)21-12-8-10-14-23(21)31(25)6/h8-15,17-18H,7,16H2,1-6H3. The minimum atomic E-state index is -0.278. The zero-order valence-corrected chi connectivity index (χ0v) is 20.9. The number of hydrogen-bond acceptors (Lipinski definition) is 3. The molecule has 0 fully saturated rings. The van der Waals surface area contributed by atoms with E-state index in [-0.39, 0.29) is 27.9 Å². The summed E-state index contributed by atoms with van der Waals surface area (Å²) in [4.78, 5) is 15.5. The van der Waals surface area contributed by atoms with E-state index in [1.165, 1.54) is 16.8 Å². The van der Waals surface area contributed by atoms with E-state index in [9.17, 15) is 9.90 Å². The van der Waals surface area contributed by atoms with E-state index >= 15 is 0 Å². The van der Waals surface area contributed by atoms with Gasteiger partial charge in [0.05, 0.1) is 5.41 Å². The highest BCUT2D eigenvalue weighted by molar-refractivity contribution is 6.24. The van der Waals surface area contributed by atoms with E-state index in [1.807, 2.05) is 37.4 Å². The molecule has 34 heavy (non-hydrogen) atoms. The number of anilines is 1. The van der Waals surface area contributed by atoms with Gasteiger partial charge in [0.1, 0.15) is 7.05 Å². The van der Waals surface area contributed by atoms with Crippen LogP contribution in [-0.4, -0.2) is 29.7 Å². The van der Waals surface area contributed by atoms with Crippen molar-refractivity contribution in [1.29, 1.82) is 0 Å². The van der Waals surface area contributed by atoms with Gasteiger partial charge in [0.2, 0.25) is 5.69 Å².